The van der Waals surface area contributed by atoms with Crippen LogP contribution in [0.1, 0.15) is 13.8 Å². The van der Waals surface area contributed by atoms with E-state index in [-0.39, 0.29) is 0 Å². The first-order valence-corrected chi connectivity index (χ1v) is 6.13. The molecule has 0 aliphatic rings. The average molecular weight is 231 g/mol. The molecular formula is C5H13NO5S2. The van der Waals surface area contributed by atoms with E-state index < -0.39 is 31.9 Å². The molecule has 0 heterocycles. The molecule has 0 saturated heterocycles. The zero-order valence-corrected chi connectivity index (χ0v) is 9.17. The van der Waals surface area contributed by atoms with Crippen molar-refractivity contribution in [2.75, 3.05) is 7.05 Å². The van der Waals surface area contributed by atoms with E-state index in [1.54, 1.807) is 0 Å². The van der Waals surface area contributed by atoms with Gasteiger partial charge in [-0.25, -0.2) is 4.21 Å². The van der Waals surface area contributed by atoms with E-state index in [4.69, 9.17) is 9.11 Å². The molecular weight excluding hydrogens is 218 g/mol. The normalized spacial score (nSPS) is 19.8. The second-order valence-electron chi connectivity index (χ2n) is 2.66. The van der Waals surface area contributed by atoms with Crippen LogP contribution in [0, 0.1) is 0 Å². The van der Waals surface area contributed by atoms with Gasteiger partial charge in [0.2, 0.25) is 0 Å². The largest absolute Gasteiger partial charge is 0.305 e. The standard InChI is InChI=1S/C5H13NO5S2/c1-4(12(7)8)6(3)5(2)13(9,10)11/h4-5H,1-3H3,(H,7,8)(H,9,10,11). The van der Waals surface area contributed by atoms with Gasteiger partial charge in [0, 0.05) is 0 Å². The van der Waals surface area contributed by atoms with Crippen molar-refractivity contribution in [3.63, 3.8) is 0 Å². The van der Waals surface area contributed by atoms with Gasteiger partial charge in [-0.15, -0.1) is 0 Å². The Kier molecular flexibility index (Phi) is 4.46. The molecule has 0 aromatic rings. The molecule has 13 heavy (non-hydrogen) atoms. The fraction of sp³-hybridized carbons (Fsp3) is 1.00. The van der Waals surface area contributed by atoms with Gasteiger partial charge in [0.25, 0.3) is 10.1 Å². The summed E-state index contributed by atoms with van der Waals surface area (Å²) in [5.41, 5.74) is 0. The topological polar surface area (TPSA) is 94.9 Å². The highest BCUT2D eigenvalue weighted by Crippen LogP contribution is 2.09. The van der Waals surface area contributed by atoms with Crippen LogP contribution in [0.25, 0.3) is 0 Å². The molecule has 0 aliphatic carbocycles. The quantitative estimate of drug-likeness (QED) is 0.510. The van der Waals surface area contributed by atoms with Gasteiger partial charge >= 0.3 is 0 Å². The molecule has 0 amide bonds. The van der Waals surface area contributed by atoms with Gasteiger partial charge < -0.3 is 4.55 Å². The first-order valence-electron chi connectivity index (χ1n) is 3.45. The van der Waals surface area contributed by atoms with E-state index in [9.17, 15) is 12.6 Å². The van der Waals surface area contributed by atoms with Crippen LogP contribution >= 0.6 is 0 Å². The first-order chi connectivity index (χ1) is 5.68. The Morgan fingerprint density at radius 2 is 1.77 bits per heavy atom. The van der Waals surface area contributed by atoms with Gasteiger partial charge in [0.05, 0.1) is 0 Å². The highest BCUT2D eigenvalue weighted by Gasteiger charge is 2.28. The van der Waals surface area contributed by atoms with Crippen molar-refractivity contribution in [2.45, 2.75) is 24.6 Å². The van der Waals surface area contributed by atoms with Gasteiger partial charge in [0.1, 0.15) is 10.7 Å². The van der Waals surface area contributed by atoms with Crippen LogP contribution in [0.15, 0.2) is 0 Å². The van der Waals surface area contributed by atoms with Crippen LogP contribution in [-0.2, 0) is 21.2 Å². The zero-order valence-electron chi connectivity index (χ0n) is 7.54. The van der Waals surface area contributed by atoms with E-state index in [1.807, 2.05) is 0 Å². The van der Waals surface area contributed by atoms with Crippen LogP contribution in [0.4, 0.5) is 0 Å². The third kappa shape index (κ3) is 3.69. The van der Waals surface area contributed by atoms with Gasteiger partial charge in [-0.2, -0.15) is 8.42 Å². The summed E-state index contributed by atoms with van der Waals surface area (Å²) in [6.07, 6.45) is 0. The summed E-state index contributed by atoms with van der Waals surface area (Å²) in [4.78, 5) is 1.10. The van der Waals surface area contributed by atoms with Crippen molar-refractivity contribution in [1.82, 2.24) is 4.90 Å². The molecule has 3 unspecified atom stereocenters. The van der Waals surface area contributed by atoms with Crippen molar-refractivity contribution in [3.05, 3.63) is 0 Å². The Balaban J connectivity index is 4.62. The molecule has 6 nitrogen and oxygen atoms in total. The Morgan fingerprint density at radius 1 is 1.38 bits per heavy atom. The summed E-state index contributed by atoms with van der Waals surface area (Å²) in [5, 5.41) is -2.05. The fourth-order valence-corrected chi connectivity index (χ4v) is 1.79. The van der Waals surface area contributed by atoms with Crippen molar-refractivity contribution in [1.29, 1.82) is 0 Å². The maximum atomic E-state index is 10.6. The molecule has 2 N–H and O–H groups in total. The van der Waals surface area contributed by atoms with E-state index in [2.05, 4.69) is 0 Å². The van der Waals surface area contributed by atoms with E-state index >= 15 is 0 Å². The second kappa shape index (κ2) is 4.47. The zero-order chi connectivity index (χ0) is 10.8. The summed E-state index contributed by atoms with van der Waals surface area (Å²) >= 11 is -2.15. The van der Waals surface area contributed by atoms with Crippen LogP contribution in [0.2, 0.25) is 0 Å². The average Bonchev–Trinajstić information content (AvgIpc) is 1.98. The summed E-state index contributed by atoms with van der Waals surface area (Å²) < 4.78 is 49.1. The number of hydrogen-bond acceptors (Lipinski definition) is 4. The minimum absolute atomic E-state index is 0.850. The molecule has 80 valence electrons. The number of rotatable bonds is 4. The highest BCUT2D eigenvalue weighted by atomic mass is 32.2. The number of hydrogen-bond donors (Lipinski definition) is 2. The van der Waals surface area contributed by atoms with Crippen LogP contribution < -0.4 is 0 Å². The predicted molar refractivity (Wildman–Crippen MR) is 49.0 cm³/mol. The van der Waals surface area contributed by atoms with Gasteiger partial charge in [0.15, 0.2) is 11.1 Å². The molecule has 0 fully saturated rings. The Bertz CT molecular complexity index is 287. The molecule has 0 saturated carbocycles. The van der Waals surface area contributed by atoms with Crippen molar-refractivity contribution < 1.29 is 21.7 Å². The second-order valence-corrected chi connectivity index (χ2v) is 5.60. The highest BCUT2D eigenvalue weighted by molar-refractivity contribution is 7.86. The van der Waals surface area contributed by atoms with Crippen LogP contribution in [0.3, 0.4) is 0 Å². The van der Waals surface area contributed by atoms with E-state index in [0.29, 0.717) is 0 Å². The lowest BCUT2D eigenvalue weighted by Gasteiger charge is -2.25. The van der Waals surface area contributed by atoms with Gasteiger partial charge in [-0.3, -0.25) is 9.45 Å². The Labute approximate surface area is 80.0 Å². The minimum atomic E-state index is -4.20. The summed E-state index contributed by atoms with van der Waals surface area (Å²) in [6.45, 7) is 2.62. The number of nitrogens with zero attached hydrogens (tertiary/aromatic N) is 1. The Hall–Kier alpha value is -0.0200. The van der Waals surface area contributed by atoms with Crippen LogP contribution in [0.5, 0.6) is 0 Å². The molecule has 0 aliphatic heterocycles. The maximum Gasteiger partial charge on any atom is 0.281 e. The summed E-state index contributed by atoms with van der Waals surface area (Å²) in [7, 11) is -2.86. The fourth-order valence-electron chi connectivity index (χ4n) is 0.648. The molecule has 8 heteroatoms. The molecule has 0 aromatic heterocycles. The Morgan fingerprint density at radius 3 is 2.00 bits per heavy atom. The van der Waals surface area contributed by atoms with E-state index in [0.717, 1.165) is 4.90 Å². The SMILES string of the molecule is CC(N(C)C(C)S(=O)(=O)O)S(=O)O. The predicted octanol–water partition coefficient (Wildman–Crippen LogP) is -0.280. The monoisotopic (exact) mass is 231 g/mol. The molecule has 3 atom stereocenters. The third-order valence-corrected chi connectivity index (χ3v) is 3.98. The first kappa shape index (κ1) is 13.0. The summed E-state index contributed by atoms with van der Waals surface area (Å²) in [5.74, 6) is 0. The molecule has 0 aromatic carbocycles. The lowest BCUT2D eigenvalue weighted by molar-refractivity contribution is 0.280. The maximum absolute atomic E-state index is 10.6. The minimum Gasteiger partial charge on any atom is -0.305 e. The van der Waals surface area contributed by atoms with Gasteiger partial charge in [-0.1, -0.05) is 0 Å². The molecule has 0 bridgehead atoms. The molecule has 0 radical (unpaired) electrons. The lowest BCUT2D eigenvalue weighted by atomic mass is 10.6. The third-order valence-electron chi connectivity index (χ3n) is 1.87. The van der Waals surface area contributed by atoms with Crippen molar-refractivity contribution in [2.24, 2.45) is 0 Å². The molecule has 0 spiro atoms. The smallest absolute Gasteiger partial charge is 0.281 e. The summed E-state index contributed by atoms with van der Waals surface area (Å²) in [6, 6.07) is 0. The van der Waals surface area contributed by atoms with E-state index in [1.165, 1.54) is 20.9 Å². The van der Waals surface area contributed by atoms with Crippen molar-refractivity contribution in [3.8, 4) is 0 Å². The van der Waals surface area contributed by atoms with Gasteiger partial charge in [-0.05, 0) is 20.9 Å². The van der Waals surface area contributed by atoms with Crippen LogP contribution in [-0.4, -0.2) is 44.4 Å². The van der Waals surface area contributed by atoms with Crippen molar-refractivity contribution >= 4 is 21.2 Å². The lowest BCUT2D eigenvalue weighted by Crippen LogP contribution is -2.43. The molecule has 0 rings (SSSR count).